The Bertz CT molecular complexity index is 470. The molecule has 1 aliphatic heterocycles. The Morgan fingerprint density at radius 1 is 1.58 bits per heavy atom. The molecule has 0 saturated carbocycles. The molecule has 0 bridgehead atoms. The molecule has 0 aromatic carbocycles. The molecule has 2 rings (SSSR count). The van der Waals surface area contributed by atoms with Crippen molar-refractivity contribution < 1.29 is 9.53 Å². The molecule has 0 N–H and O–H groups in total. The molecular weight excluding hydrogens is 308 g/mol. The summed E-state index contributed by atoms with van der Waals surface area (Å²) in [4.78, 5) is 12.5. The van der Waals surface area contributed by atoms with E-state index in [0.717, 1.165) is 28.7 Å². The summed E-state index contributed by atoms with van der Waals surface area (Å²) in [6.45, 7) is 5.56. The summed E-state index contributed by atoms with van der Waals surface area (Å²) in [6.07, 6.45) is 2.17. The molecule has 1 aromatic heterocycles. The molecule has 1 saturated heterocycles. The Hall–Kier alpha value is -0.680. The van der Waals surface area contributed by atoms with Gasteiger partial charge in [-0.15, -0.1) is 0 Å². The first-order valence-electron chi connectivity index (χ1n) is 6.85. The van der Waals surface area contributed by atoms with Gasteiger partial charge in [0, 0.05) is 32.6 Å². The van der Waals surface area contributed by atoms with Gasteiger partial charge < -0.3 is 4.74 Å². The maximum atomic E-state index is 12.5. The Balaban J connectivity index is 2.12. The Morgan fingerprint density at radius 2 is 2.32 bits per heavy atom. The lowest BCUT2D eigenvalue weighted by molar-refractivity contribution is -0.127. The standard InChI is InChI=1S/C14H21BrN2O2/c1-4-11-14(15)12(17(3)16-11)7-13(18)10-5-6-19-8-9(10)2/h9-10H,4-8H2,1-3H3. The zero-order valence-electron chi connectivity index (χ0n) is 11.8. The fourth-order valence-corrected chi connectivity index (χ4v) is 3.42. The summed E-state index contributed by atoms with van der Waals surface area (Å²) >= 11 is 3.57. The number of rotatable bonds is 4. The predicted octanol–water partition coefficient (Wildman–Crippen LogP) is 2.53. The van der Waals surface area contributed by atoms with Crippen LogP contribution in [0.5, 0.6) is 0 Å². The van der Waals surface area contributed by atoms with Gasteiger partial charge in [-0.2, -0.15) is 5.10 Å². The number of aromatic nitrogens is 2. The van der Waals surface area contributed by atoms with Gasteiger partial charge in [0.05, 0.1) is 15.9 Å². The van der Waals surface area contributed by atoms with E-state index in [1.54, 1.807) is 0 Å². The summed E-state index contributed by atoms with van der Waals surface area (Å²) in [7, 11) is 1.90. The third kappa shape index (κ3) is 3.08. The van der Waals surface area contributed by atoms with Gasteiger partial charge in [-0.25, -0.2) is 0 Å². The van der Waals surface area contributed by atoms with Crippen LogP contribution >= 0.6 is 15.9 Å². The van der Waals surface area contributed by atoms with E-state index in [1.807, 2.05) is 11.7 Å². The lowest BCUT2D eigenvalue weighted by atomic mass is 9.84. The van der Waals surface area contributed by atoms with Gasteiger partial charge in [0.25, 0.3) is 0 Å². The minimum Gasteiger partial charge on any atom is -0.381 e. The van der Waals surface area contributed by atoms with E-state index in [0.29, 0.717) is 31.3 Å². The van der Waals surface area contributed by atoms with Crippen molar-refractivity contribution in [3.63, 3.8) is 0 Å². The van der Waals surface area contributed by atoms with E-state index in [-0.39, 0.29) is 5.92 Å². The van der Waals surface area contributed by atoms with Crippen LogP contribution in [0.2, 0.25) is 0 Å². The van der Waals surface area contributed by atoms with Crippen LogP contribution in [0, 0.1) is 11.8 Å². The van der Waals surface area contributed by atoms with Crippen molar-refractivity contribution in [1.29, 1.82) is 0 Å². The lowest BCUT2D eigenvalue weighted by Crippen LogP contribution is -2.32. The molecule has 19 heavy (non-hydrogen) atoms. The molecule has 2 heterocycles. The summed E-state index contributed by atoms with van der Waals surface area (Å²) in [5, 5.41) is 4.44. The second-order valence-corrected chi connectivity index (χ2v) is 6.07. The summed E-state index contributed by atoms with van der Waals surface area (Å²) < 4.78 is 8.22. The van der Waals surface area contributed by atoms with Gasteiger partial charge in [0.1, 0.15) is 5.78 Å². The highest BCUT2D eigenvalue weighted by Gasteiger charge is 2.29. The monoisotopic (exact) mass is 328 g/mol. The number of halogens is 1. The van der Waals surface area contributed by atoms with E-state index < -0.39 is 0 Å². The predicted molar refractivity (Wildman–Crippen MR) is 77.1 cm³/mol. The first kappa shape index (κ1) is 14.7. The van der Waals surface area contributed by atoms with Crippen molar-refractivity contribution >= 4 is 21.7 Å². The van der Waals surface area contributed by atoms with Gasteiger partial charge in [-0.1, -0.05) is 13.8 Å². The van der Waals surface area contributed by atoms with E-state index in [4.69, 9.17) is 4.74 Å². The van der Waals surface area contributed by atoms with Crippen molar-refractivity contribution in [3.8, 4) is 0 Å². The molecule has 2 atom stereocenters. The number of hydrogen-bond acceptors (Lipinski definition) is 3. The Kier molecular flexibility index (Phi) is 4.79. The van der Waals surface area contributed by atoms with Gasteiger partial charge in [-0.3, -0.25) is 9.48 Å². The molecule has 1 fully saturated rings. The number of hydrogen-bond donors (Lipinski definition) is 0. The Labute approximate surface area is 122 Å². The van der Waals surface area contributed by atoms with Gasteiger partial charge in [-0.05, 0) is 34.7 Å². The topological polar surface area (TPSA) is 44.1 Å². The van der Waals surface area contributed by atoms with Crippen molar-refractivity contribution in [1.82, 2.24) is 9.78 Å². The zero-order valence-corrected chi connectivity index (χ0v) is 13.4. The van der Waals surface area contributed by atoms with E-state index >= 15 is 0 Å². The molecule has 0 radical (unpaired) electrons. The maximum Gasteiger partial charge on any atom is 0.142 e. The first-order chi connectivity index (χ1) is 9.04. The van der Waals surface area contributed by atoms with Crippen LogP contribution < -0.4 is 0 Å². The second-order valence-electron chi connectivity index (χ2n) is 5.27. The normalized spacial score (nSPS) is 23.6. The smallest absolute Gasteiger partial charge is 0.142 e. The maximum absolute atomic E-state index is 12.5. The minimum atomic E-state index is 0.126. The summed E-state index contributed by atoms with van der Waals surface area (Å²) in [5.41, 5.74) is 2.01. The number of carbonyl (C=O) groups excluding carboxylic acids is 1. The zero-order chi connectivity index (χ0) is 14.0. The largest absolute Gasteiger partial charge is 0.381 e. The number of carbonyl (C=O) groups is 1. The average molecular weight is 329 g/mol. The van der Waals surface area contributed by atoms with Crippen LogP contribution in [0.15, 0.2) is 4.47 Å². The van der Waals surface area contributed by atoms with Crippen LogP contribution in [-0.4, -0.2) is 28.8 Å². The van der Waals surface area contributed by atoms with Crippen LogP contribution in [0.1, 0.15) is 31.7 Å². The van der Waals surface area contributed by atoms with Crippen LogP contribution in [-0.2, 0) is 29.4 Å². The number of ether oxygens (including phenoxy) is 1. The molecule has 106 valence electrons. The summed E-state index contributed by atoms with van der Waals surface area (Å²) in [5.74, 6) is 0.752. The number of Topliss-reactive ketones (excluding diaryl/α,β-unsaturated/α-hetero) is 1. The highest BCUT2D eigenvalue weighted by atomic mass is 79.9. The van der Waals surface area contributed by atoms with E-state index in [2.05, 4.69) is 34.9 Å². The van der Waals surface area contributed by atoms with Crippen LogP contribution in [0.3, 0.4) is 0 Å². The highest BCUT2D eigenvalue weighted by molar-refractivity contribution is 9.10. The van der Waals surface area contributed by atoms with E-state index in [1.165, 1.54) is 0 Å². The molecule has 2 unspecified atom stereocenters. The van der Waals surface area contributed by atoms with Crippen molar-refractivity contribution in [2.24, 2.45) is 18.9 Å². The number of nitrogens with zero attached hydrogens (tertiary/aromatic N) is 2. The van der Waals surface area contributed by atoms with E-state index in [9.17, 15) is 4.79 Å². The molecule has 5 heteroatoms. The lowest BCUT2D eigenvalue weighted by Gasteiger charge is -2.27. The fraction of sp³-hybridized carbons (Fsp3) is 0.714. The molecule has 1 aliphatic rings. The average Bonchev–Trinajstić information content (AvgIpc) is 2.66. The Morgan fingerprint density at radius 3 is 2.89 bits per heavy atom. The van der Waals surface area contributed by atoms with Crippen LogP contribution in [0.4, 0.5) is 0 Å². The van der Waals surface area contributed by atoms with Crippen LogP contribution in [0.25, 0.3) is 0 Å². The molecular formula is C14H21BrN2O2. The van der Waals surface area contributed by atoms with Gasteiger partial charge >= 0.3 is 0 Å². The van der Waals surface area contributed by atoms with Crippen molar-refractivity contribution in [2.45, 2.75) is 33.1 Å². The van der Waals surface area contributed by atoms with Crippen molar-refractivity contribution in [2.75, 3.05) is 13.2 Å². The summed E-state index contributed by atoms with van der Waals surface area (Å²) in [6, 6.07) is 0. The third-order valence-corrected chi connectivity index (χ3v) is 4.81. The molecule has 4 nitrogen and oxygen atoms in total. The first-order valence-corrected chi connectivity index (χ1v) is 7.64. The van der Waals surface area contributed by atoms with Gasteiger partial charge in [0.15, 0.2) is 0 Å². The van der Waals surface area contributed by atoms with Gasteiger partial charge in [0.2, 0.25) is 0 Å². The molecule has 1 aromatic rings. The SMILES string of the molecule is CCc1nn(C)c(CC(=O)C2CCOCC2C)c1Br. The molecule has 0 amide bonds. The van der Waals surface area contributed by atoms with Crippen molar-refractivity contribution in [3.05, 3.63) is 15.9 Å². The fourth-order valence-electron chi connectivity index (χ4n) is 2.67. The third-order valence-electron chi connectivity index (χ3n) is 3.90. The number of ketones is 1. The number of aryl methyl sites for hydroxylation is 2. The molecule has 0 spiro atoms. The highest BCUT2D eigenvalue weighted by Crippen LogP contribution is 2.27. The second kappa shape index (κ2) is 6.18. The quantitative estimate of drug-likeness (QED) is 0.853. The minimum absolute atomic E-state index is 0.126. The molecule has 0 aliphatic carbocycles.